The molecule has 1 unspecified atom stereocenters. The summed E-state index contributed by atoms with van der Waals surface area (Å²) in [6.07, 6.45) is 0. The number of benzene rings is 2. The van der Waals surface area contributed by atoms with Crippen molar-refractivity contribution in [3.63, 3.8) is 0 Å². The molecular formula is C16H17NO3. The van der Waals surface area contributed by atoms with Crippen LogP contribution in [0.3, 0.4) is 0 Å². The fourth-order valence-corrected chi connectivity index (χ4v) is 1.84. The molecule has 0 aliphatic carbocycles. The molecule has 0 aromatic heterocycles. The van der Waals surface area contributed by atoms with E-state index in [1.165, 1.54) is 0 Å². The number of hydrogen-bond donors (Lipinski definition) is 1. The second-order valence-electron chi connectivity index (χ2n) is 4.45. The van der Waals surface area contributed by atoms with E-state index in [2.05, 4.69) is 0 Å². The first-order chi connectivity index (χ1) is 9.61. The predicted molar refractivity (Wildman–Crippen MR) is 77.1 cm³/mol. The highest BCUT2D eigenvalue weighted by atomic mass is 16.5. The van der Waals surface area contributed by atoms with Crippen LogP contribution in [0.2, 0.25) is 0 Å². The predicted octanol–water partition coefficient (Wildman–Crippen LogP) is 3.08. The minimum atomic E-state index is -0.362. The molecule has 2 rings (SSSR count). The van der Waals surface area contributed by atoms with Crippen LogP contribution < -0.4 is 15.2 Å². The lowest BCUT2D eigenvalue weighted by Gasteiger charge is -2.12. The fraction of sp³-hybridized carbons (Fsp3) is 0.188. The maximum Gasteiger partial charge on any atom is 0.224 e. The number of rotatable bonds is 5. The van der Waals surface area contributed by atoms with Gasteiger partial charge in [0.2, 0.25) is 5.91 Å². The molecule has 104 valence electrons. The maximum atomic E-state index is 11.2. The van der Waals surface area contributed by atoms with Crippen LogP contribution in [0.25, 0.3) is 0 Å². The zero-order chi connectivity index (χ0) is 14.5. The lowest BCUT2D eigenvalue weighted by molar-refractivity contribution is -0.119. The summed E-state index contributed by atoms with van der Waals surface area (Å²) >= 11 is 0. The second kappa shape index (κ2) is 6.10. The Labute approximate surface area is 118 Å². The monoisotopic (exact) mass is 271 g/mol. The molecule has 2 aromatic rings. The first-order valence-corrected chi connectivity index (χ1v) is 6.32. The number of primary amides is 1. The number of carbonyl (C=O) groups excluding carboxylic acids is 1. The molecule has 2 N–H and O–H groups in total. The quantitative estimate of drug-likeness (QED) is 0.909. The standard InChI is InChI=1S/C16H17NO3/c1-11(16(17)18)12-6-5-7-13(10-12)20-15-9-4-3-8-14(15)19-2/h3-11H,1-2H3,(H2,17,18). The number of methoxy groups -OCH3 is 1. The van der Waals surface area contributed by atoms with Crippen LogP contribution in [0.4, 0.5) is 0 Å². The van der Waals surface area contributed by atoms with E-state index in [-0.39, 0.29) is 11.8 Å². The third kappa shape index (κ3) is 3.09. The van der Waals surface area contributed by atoms with Gasteiger partial charge < -0.3 is 15.2 Å². The van der Waals surface area contributed by atoms with Gasteiger partial charge in [-0.1, -0.05) is 24.3 Å². The van der Waals surface area contributed by atoms with Gasteiger partial charge in [-0.3, -0.25) is 4.79 Å². The zero-order valence-corrected chi connectivity index (χ0v) is 11.5. The van der Waals surface area contributed by atoms with Crippen LogP contribution in [-0.4, -0.2) is 13.0 Å². The molecule has 1 atom stereocenters. The van der Waals surface area contributed by atoms with E-state index >= 15 is 0 Å². The van der Waals surface area contributed by atoms with Gasteiger partial charge in [0.15, 0.2) is 11.5 Å². The normalized spacial score (nSPS) is 11.7. The van der Waals surface area contributed by atoms with Gasteiger partial charge in [0.05, 0.1) is 13.0 Å². The van der Waals surface area contributed by atoms with Gasteiger partial charge in [-0.15, -0.1) is 0 Å². The molecule has 0 aliphatic rings. The molecule has 1 amide bonds. The summed E-state index contributed by atoms with van der Waals surface area (Å²) in [6, 6.07) is 14.7. The summed E-state index contributed by atoms with van der Waals surface area (Å²) < 4.78 is 11.0. The largest absolute Gasteiger partial charge is 0.493 e. The van der Waals surface area contributed by atoms with E-state index in [0.29, 0.717) is 17.2 Å². The molecule has 0 fully saturated rings. The van der Waals surface area contributed by atoms with E-state index < -0.39 is 0 Å². The van der Waals surface area contributed by atoms with Crippen LogP contribution in [-0.2, 0) is 4.79 Å². The molecule has 4 nitrogen and oxygen atoms in total. The SMILES string of the molecule is COc1ccccc1Oc1cccc(C(C)C(N)=O)c1. The fourth-order valence-electron chi connectivity index (χ4n) is 1.84. The number of carbonyl (C=O) groups is 1. The molecule has 0 saturated carbocycles. The van der Waals surface area contributed by atoms with Crippen LogP contribution >= 0.6 is 0 Å². The van der Waals surface area contributed by atoms with E-state index in [4.69, 9.17) is 15.2 Å². The molecule has 0 saturated heterocycles. The molecule has 20 heavy (non-hydrogen) atoms. The summed E-state index contributed by atoms with van der Waals surface area (Å²) in [7, 11) is 1.59. The number of hydrogen-bond acceptors (Lipinski definition) is 3. The zero-order valence-electron chi connectivity index (χ0n) is 11.5. The van der Waals surface area contributed by atoms with Crippen LogP contribution in [0.15, 0.2) is 48.5 Å². The van der Waals surface area contributed by atoms with Crippen molar-refractivity contribution in [1.82, 2.24) is 0 Å². The molecular weight excluding hydrogens is 254 g/mol. The molecule has 0 heterocycles. The summed E-state index contributed by atoms with van der Waals surface area (Å²) in [5.74, 6) is 1.20. The maximum absolute atomic E-state index is 11.2. The van der Waals surface area contributed by atoms with Gasteiger partial charge in [-0.05, 0) is 36.8 Å². The van der Waals surface area contributed by atoms with Gasteiger partial charge in [0, 0.05) is 0 Å². The topological polar surface area (TPSA) is 61.6 Å². The highest BCUT2D eigenvalue weighted by molar-refractivity contribution is 5.81. The average Bonchev–Trinajstić information content (AvgIpc) is 2.47. The van der Waals surface area contributed by atoms with E-state index in [1.54, 1.807) is 14.0 Å². The van der Waals surface area contributed by atoms with Crippen molar-refractivity contribution >= 4 is 5.91 Å². The van der Waals surface area contributed by atoms with Crippen molar-refractivity contribution in [2.45, 2.75) is 12.8 Å². The van der Waals surface area contributed by atoms with E-state index in [1.807, 2.05) is 48.5 Å². The van der Waals surface area contributed by atoms with Crippen LogP contribution in [0, 0.1) is 0 Å². The molecule has 0 bridgehead atoms. The minimum absolute atomic E-state index is 0.351. The lowest BCUT2D eigenvalue weighted by Crippen LogP contribution is -2.18. The van der Waals surface area contributed by atoms with Crippen molar-refractivity contribution in [2.75, 3.05) is 7.11 Å². The number of para-hydroxylation sites is 2. The first kappa shape index (κ1) is 13.9. The molecule has 0 aliphatic heterocycles. The minimum Gasteiger partial charge on any atom is -0.493 e. The van der Waals surface area contributed by atoms with Gasteiger partial charge in [0.1, 0.15) is 5.75 Å². The molecule has 0 radical (unpaired) electrons. The van der Waals surface area contributed by atoms with E-state index in [9.17, 15) is 4.79 Å². The molecule has 0 spiro atoms. The highest BCUT2D eigenvalue weighted by Crippen LogP contribution is 2.32. The summed E-state index contributed by atoms with van der Waals surface area (Å²) in [5, 5.41) is 0. The van der Waals surface area contributed by atoms with Gasteiger partial charge in [-0.2, -0.15) is 0 Å². The van der Waals surface area contributed by atoms with Gasteiger partial charge in [0.25, 0.3) is 0 Å². The second-order valence-corrected chi connectivity index (χ2v) is 4.45. The number of amides is 1. The van der Waals surface area contributed by atoms with Crippen molar-refractivity contribution < 1.29 is 14.3 Å². The Morgan fingerprint density at radius 2 is 1.80 bits per heavy atom. The summed E-state index contributed by atoms with van der Waals surface area (Å²) in [6.45, 7) is 1.77. The average molecular weight is 271 g/mol. The Hall–Kier alpha value is -2.49. The van der Waals surface area contributed by atoms with E-state index in [0.717, 1.165) is 5.56 Å². The Bertz CT molecular complexity index is 610. The van der Waals surface area contributed by atoms with Crippen molar-refractivity contribution in [3.05, 3.63) is 54.1 Å². The van der Waals surface area contributed by atoms with Crippen LogP contribution in [0.5, 0.6) is 17.2 Å². The Morgan fingerprint density at radius 3 is 2.45 bits per heavy atom. The first-order valence-electron chi connectivity index (χ1n) is 6.32. The highest BCUT2D eigenvalue weighted by Gasteiger charge is 2.12. The Kier molecular flexibility index (Phi) is 4.25. The smallest absolute Gasteiger partial charge is 0.224 e. The third-order valence-electron chi connectivity index (χ3n) is 3.08. The number of ether oxygens (including phenoxy) is 2. The number of nitrogens with two attached hydrogens (primary N) is 1. The molecule has 4 heteroatoms. The van der Waals surface area contributed by atoms with Crippen LogP contribution in [0.1, 0.15) is 18.4 Å². The van der Waals surface area contributed by atoms with Crippen molar-refractivity contribution in [1.29, 1.82) is 0 Å². The Morgan fingerprint density at radius 1 is 1.10 bits per heavy atom. The van der Waals surface area contributed by atoms with Gasteiger partial charge >= 0.3 is 0 Å². The van der Waals surface area contributed by atoms with Crippen molar-refractivity contribution in [2.24, 2.45) is 5.73 Å². The van der Waals surface area contributed by atoms with Gasteiger partial charge in [-0.25, -0.2) is 0 Å². The summed E-state index contributed by atoms with van der Waals surface area (Å²) in [4.78, 5) is 11.2. The van der Waals surface area contributed by atoms with Crippen molar-refractivity contribution in [3.8, 4) is 17.2 Å². The lowest BCUT2D eigenvalue weighted by atomic mass is 10.0. The Balaban J connectivity index is 2.26. The molecule has 2 aromatic carbocycles. The third-order valence-corrected chi connectivity index (χ3v) is 3.08. The summed E-state index contributed by atoms with van der Waals surface area (Å²) in [5.41, 5.74) is 6.14.